The van der Waals surface area contributed by atoms with Gasteiger partial charge in [-0.25, -0.2) is 9.78 Å². The van der Waals surface area contributed by atoms with E-state index in [0.717, 1.165) is 31.4 Å². The van der Waals surface area contributed by atoms with E-state index in [1.54, 1.807) is 6.07 Å². The number of carbonyl (C=O) groups is 1. The Morgan fingerprint density at radius 3 is 2.86 bits per heavy atom. The van der Waals surface area contributed by atoms with Gasteiger partial charge in [0.2, 0.25) is 5.95 Å². The summed E-state index contributed by atoms with van der Waals surface area (Å²) in [4.78, 5) is 21.0. The van der Waals surface area contributed by atoms with Crippen LogP contribution >= 0.6 is 0 Å². The van der Waals surface area contributed by atoms with Crippen LogP contribution in [0.1, 0.15) is 41.9 Å². The van der Waals surface area contributed by atoms with Crippen molar-refractivity contribution in [2.45, 2.75) is 44.2 Å². The quantitative estimate of drug-likeness (QED) is 0.577. The molecule has 0 saturated heterocycles. The maximum atomic E-state index is 12.1. The number of carbonyl (C=O) groups excluding carboxylic acids is 1. The van der Waals surface area contributed by atoms with Gasteiger partial charge in [0, 0.05) is 29.8 Å². The molecule has 9 heteroatoms. The van der Waals surface area contributed by atoms with E-state index < -0.39 is 11.6 Å². The Hall–Kier alpha value is -2.68. The fourth-order valence-corrected chi connectivity index (χ4v) is 5.54. The van der Waals surface area contributed by atoms with Crippen LogP contribution in [0.15, 0.2) is 12.1 Å². The summed E-state index contributed by atoms with van der Waals surface area (Å²) in [6, 6.07) is 3.51. The fourth-order valence-electron chi connectivity index (χ4n) is 5.54. The number of hydrogen-bond acceptors (Lipinski definition) is 8. The predicted octanol–water partition coefficient (Wildman–Crippen LogP) is 2.00. The molecule has 2 aromatic rings. The van der Waals surface area contributed by atoms with Gasteiger partial charge in [-0.2, -0.15) is 10.1 Å². The first-order chi connectivity index (χ1) is 13.4. The van der Waals surface area contributed by atoms with E-state index in [2.05, 4.69) is 30.8 Å². The molecule has 2 aromatic heterocycles. The Morgan fingerprint density at radius 1 is 1.29 bits per heavy atom. The van der Waals surface area contributed by atoms with Gasteiger partial charge in [-0.15, -0.1) is 0 Å². The van der Waals surface area contributed by atoms with Crippen molar-refractivity contribution >= 4 is 23.6 Å². The molecule has 4 N–H and O–H groups in total. The van der Waals surface area contributed by atoms with Crippen molar-refractivity contribution in [1.82, 2.24) is 20.2 Å². The van der Waals surface area contributed by atoms with Crippen molar-refractivity contribution in [2.24, 2.45) is 17.8 Å². The molecule has 4 aliphatic carbocycles. The van der Waals surface area contributed by atoms with Gasteiger partial charge < -0.3 is 20.5 Å². The zero-order chi connectivity index (χ0) is 19.5. The van der Waals surface area contributed by atoms with Crippen molar-refractivity contribution < 1.29 is 14.6 Å². The highest BCUT2D eigenvalue weighted by Gasteiger charge is 2.62. The van der Waals surface area contributed by atoms with Crippen LogP contribution in [0.4, 0.5) is 17.6 Å². The van der Waals surface area contributed by atoms with E-state index in [-0.39, 0.29) is 17.7 Å². The van der Waals surface area contributed by atoms with Gasteiger partial charge in [0.05, 0.1) is 12.7 Å². The number of nitrogens with one attached hydrogen (secondary N) is 3. The second-order valence-corrected chi connectivity index (χ2v) is 8.40. The van der Waals surface area contributed by atoms with E-state index in [1.165, 1.54) is 7.11 Å². The minimum absolute atomic E-state index is 0.122. The van der Waals surface area contributed by atoms with Crippen LogP contribution in [0, 0.1) is 24.7 Å². The largest absolute Gasteiger partial charge is 0.464 e. The van der Waals surface area contributed by atoms with Crippen LogP contribution in [0.5, 0.6) is 0 Å². The summed E-state index contributed by atoms with van der Waals surface area (Å²) in [5, 5.41) is 24.4. The first kappa shape index (κ1) is 17.4. The second-order valence-electron chi connectivity index (χ2n) is 8.40. The summed E-state index contributed by atoms with van der Waals surface area (Å²) in [6.07, 6.45) is 3.91. The molecule has 5 unspecified atom stereocenters. The molecule has 4 fully saturated rings. The molecule has 4 saturated carbocycles. The zero-order valence-corrected chi connectivity index (χ0v) is 15.9. The maximum Gasteiger partial charge on any atom is 0.356 e. The molecule has 0 radical (unpaired) electrons. The molecule has 2 heterocycles. The van der Waals surface area contributed by atoms with E-state index in [4.69, 9.17) is 4.74 Å². The zero-order valence-electron chi connectivity index (χ0n) is 15.9. The normalized spacial score (nSPS) is 32.5. The summed E-state index contributed by atoms with van der Waals surface area (Å²) in [5.41, 5.74) is 0.522. The SMILES string of the molecule is COC(=O)c1cc(Nc2cc(C)[nH]n2)nc(NC2C3CC4CC2C(O)(C4)C3)n1. The highest BCUT2D eigenvalue weighted by molar-refractivity contribution is 5.88. The average Bonchev–Trinajstić information content (AvgIpc) is 3.22. The van der Waals surface area contributed by atoms with Gasteiger partial charge in [0.1, 0.15) is 5.82 Å². The van der Waals surface area contributed by atoms with Crippen LogP contribution in [0.25, 0.3) is 0 Å². The van der Waals surface area contributed by atoms with Crippen molar-refractivity contribution in [1.29, 1.82) is 0 Å². The third kappa shape index (κ3) is 2.81. The summed E-state index contributed by atoms with van der Waals surface area (Å²) < 4.78 is 4.84. The minimum atomic E-state index is -0.557. The van der Waals surface area contributed by atoms with Crippen LogP contribution < -0.4 is 10.6 Å². The lowest BCUT2D eigenvalue weighted by Crippen LogP contribution is -2.37. The number of methoxy groups -OCH3 is 1. The van der Waals surface area contributed by atoms with E-state index in [1.807, 2.05) is 13.0 Å². The Labute approximate surface area is 162 Å². The molecule has 0 spiro atoms. The molecule has 4 bridgehead atoms. The highest BCUT2D eigenvalue weighted by Crippen LogP contribution is 2.60. The average molecular weight is 384 g/mol. The second kappa shape index (κ2) is 6.16. The Bertz CT molecular complexity index is 930. The third-order valence-electron chi connectivity index (χ3n) is 6.49. The lowest BCUT2D eigenvalue weighted by Gasteiger charge is -2.32. The van der Waals surface area contributed by atoms with Crippen molar-refractivity contribution in [3.05, 3.63) is 23.5 Å². The standard InChI is InChI=1S/C19H24N6O3/c1-9-3-15(25-24-9)21-14-6-13(17(26)28-2)20-18(22-14)23-16-11-4-10-5-12(16)19(27,7-10)8-11/h3,6,10-12,16,27H,4-5,7-8H2,1-2H3,(H3,20,21,22,23,24,25). The number of rotatable bonds is 5. The van der Waals surface area contributed by atoms with Gasteiger partial charge in [-0.1, -0.05) is 0 Å². The summed E-state index contributed by atoms with van der Waals surface area (Å²) in [5.74, 6) is 2.16. The monoisotopic (exact) mass is 384 g/mol. The van der Waals surface area contributed by atoms with Crippen LogP contribution in [-0.2, 0) is 4.74 Å². The molecule has 4 aliphatic rings. The van der Waals surface area contributed by atoms with Crippen LogP contribution in [0.2, 0.25) is 0 Å². The lowest BCUT2D eigenvalue weighted by molar-refractivity contribution is 0.00987. The molecule has 9 nitrogen and oxygen atoms in total. The molecular formula is C19H24N6O3. The Kier molecular flexibility index (Phi) is 3.84. The maximum absolute atomic E-state index is 12.1. The number of aromatic nitrogens is 4. The Balaban J connectivity index is 1.43. The molecule has 0 amide bonds. The van der Waals surface area contributed by atoms with Crippen molar-refractivity contribution in [3.63, 3.8) is 0 Å². The number of aryl methyl sites for hydroxylation is 1. The number of aromatic amines is 1. The number of esters is 1. The summed E-state index contributed by atoms with van der Waals surface area (Å²) in [7, 11) is 1.33. The van der Waals surface area contributed by atoms with Gasteiger partial charge in [-0.3, -0.25) is 5.10 Å². The summed E-state index contributed by atoms with van der Waals surface area (Å²) >= 11 is 0. The highest BCUT2D eigenvalue weighted by atomic mass is 16.5. The molecular weight excluding hydrogens is 360 g/mol. The van der Waals surface area contributed by atoms with Crippen molar-refractivity contribution in [2.75, 3.05) is 17.7 Å². The van der Waals surface area contributed by atoms with E-state index in [0.29, 0.717) is 29.4 Å². The van der Waals surface area contributed by atoms with Gasteiger partial charge in [-0.05, 0) is 44.4 Å². The lowest BCUT2D eigenvalue weighted by atomic mass is 9.79. The van der Waals surface area contributed by atoms with E-state index in [9.17, 15) is 9.90 Å². The molecule has 148 valence electrons. The fraction of sp³-hybridized carbons (Fsp3) is 0.579. The smallest absolute Gasteiger partial charge is 0.356 e. The predicted molar refractivity (Wildman–Crippen MR) is 101 cm³/mol. The van der Waals surface area contributed by atoms with E-state index >= 15 is 0 Å². The molecule has 28 heavy (non-hydrogen) atoms. The van der Waals surface area contributed by atoms with Gasteiger partial charge in [0.25, 0.3) is 0 Å². The van der Waals surface area contributed by atoms with Crippen LogP contribution in [-0.4, -0.2) is 50.0 Å². The number of ether oxygens (including phenoxy) is 1. The number of hydrogen-bond donors (Lipinski definition) is 4. The molecule has 0 aliphatic heterocycles. The van der Waals surface area contributed by atoms with Crippen molar-refractivity contribution in [3.8, 4) is 0 Å². The first-order valence-electron chi connectivity index (χ1n) is 9.69. The third-order valence-corrected chi connectivity index (χ3v) is 6.49. The number of aliphatic hydroxyl groups is 1. The minimum Gasteiger partial charge on any atom is -0.464 e. The molecule has 5 atom stereocenters. The Morgan fingerprint density at radius 2 is 2.14 bits per heavy atom. The summed E-state index contributed by atoms with van der Waals surface area (Å²) in [6.45, 7) is 1.90. The first-order valence-corrected chi connectivity index (χ1v) is 9.69. The molecule has 6 rings (SSSR count). The van der Waals surface area contributed by atoms with Crippen LogP contribution in [0.3, 0.4) is 0 Å². The van der Waals surface area contributed by atoms with Gasteiger partial charge >= 0.3 is 5.97 Å². The number of nitrogens with zero attached hydrogens (tertiary/aromatic N) is 3. The topological polar surface area (TPSA) is 125 Å². The molecule has 0 aromatic carbocycles. The number of H-pyrrole nitrogens is 1. The van der Waals surface area contributed by atoms with Gasteiger partial charge in [0.15, 0.2) is 11.5 Å². The number of anilines is 3.